The number of methoxy groups -OCH3 is 1. The lowest BCUT2D eigenvalue weighted by atomic mass is 10.2. The van der Waals surface area contributed by atoms with E-state index in [0.717, 1.165) is 7.11 Å². The van der Waals surface area contributed by atoms with Crippen molar-refractivity contribution >= 4 is 15.8 Å². The van der Waals surface area contributed by atoms with Crippen LogP contribution >= 0.6 is 0 Å². The van der Waals surface area contributed by atoms with E-state index in [4.69, 9.17) is 10.00 Å². The van der Waals surface area contributed by atoms with Crippen molar-refractivity contribution in [3.63, 3.8) is 0 Å². The number of esters is 1. The lowest BCUT2D eigenvalue weighted by molar-refractivity contribution is -0.137. The molecule has 0 aromatic heterocycles. The topological polar surface area (TPSA) is 93.5 Å². The van der Waals surface area contributed by atoms with Gasteiger partial charge in [0.1, 0.15) is 11.5 Å². The fourth-order valence-corrected chi connectivity index (χ4v) is 2.58. The maximum Gasteiger partial charge on any atom is 0.320 e. The minimum Gasteiger partial charge on any atom is -0.494 e. The van der Waals surface area contributed by atoms with Crippen LogP contribution in [-0.2, 0) is 19.4 Å². The Morgan fingerprint density at radius 1 is 1.30 bits per heavy atom. The molecule has 0 spiro atoms. The number of rotatable bonds is 7. The summed E-state index contributed by atoms with van der Waals surface area (Å²) < 4.78 is 32.7. The van der Waals surface area contributed by atoms with Crippen molar-refractivity contribution in [2.75, 3.05) is 25.2 Å². The zero-order valence-electron chi connectivity index (χ0n) is 11.0. The predicted molar refractivity (Wildman–Crippen MR) is 71.9 cm³/mol. The number of hydrogen-bond acceptors (Lipinski definition) is 6. The van der Waals surface area contributed by atoms with Gasteiger partial charge in [0.05, 0.1) is 31.1 Å². The highest BCUT2D eigenvalue weighted by atomic mass is 32.2. The third kappa shape index (κ3) is 5.71. The van der Waals surface area contributed by atoms with E-state index in [0.29, 0.717) is 11.3 Å². The molecule has 0 aliphatic heterocycles. The average Bonchev–Trinajstić information content (AvgIpc) is 2.43. The van der Waals surface area contributed by atoms with Crippen LogP contribution in [0.3, 0.4) is 0 Å². The number of nitriles is 1. The van der Waals surface area contributed by atoms with Gasteiger partial charge < -0.3 is 9.47 Å². The standard InChI is InChI=1S/C13H15NO5S/c1-18-13(15)10-20(16,17)8-2-7-19-12-5-3-11(9-14)4-6-12/h3-6H,2,7-8,10H2,1H3. The first kappa shape index (κ1) is 16.0. The molecule has 7 heteroatoms. The van der Waals surface area contributed by atoms with Crippen molar-refractivity contribution in [3.05, 3.63) is 29.8 Å². The molecule has 0 unspecified atom stereocenters. The lowest BCUT2D eigenvalue weighted by Crippen LogP contribution is -2.21. The minimum atomic E-state index is -3.46. The summed E-state index contributed by atoms with van der Waals surface area (Å²) in [6.45, 7) is 0.215. The zero-order valence-corrected chi connectivity index (χ0v) is 11.9. The van der Waals surface area contributed by atoms with Gasteiger partial charge in [-0.05, 0) is 30.7 Å². The Morgan fingerprint density at radius 3 is 2.50 bits per heavy atom. The molecule has 0 amide bonds. The summed E-state index contributed by atoms with van der Waals surface area (Å²) in [6.07, 6.45) is 0.277. The van der Waals surface area contributed by atoms with E-state index in [9.17, 15) is 13.2 Å². The summed E-state index contributed by atoms with van der Waals surface area (Å²) in [5, 5.41) is 8.63. The Bertz CT molecular complexity index is 586. The number of benzene rings is 1. The molecule has 0 heterocycles. The number of hydrogen-bond donors (Lipinski definition) is 0. The molecule has 0 saturated heterocycles. The van der Waals surface area contributed by atoms with Crippen molar-refractivity contribution in [2.45, 2.75) is 6.42 Å². The molecule has 1 aromatic carbocycles. The van der Waals surface area contributed by atoms with E-state index in [1.54, 1.807) is 24.3 Å². The zero-order chi connectivity index (χ0) is 15.0. The van der Waals surface area contributed by atoms with Crippen LogP contribution in [-0.4, -0.2) is 39.6 Å². The Labute approximate surface area is 117 Å². The first-order chi connectivity index (χ1) is 9.46. The number of carbonyl (C=O) groups excluding carboxylic acids is 1. The average molecular weight is 297 g/mol. The number of carbonyl (C=O) groups is 1. The van der Waals surface area contributed by atoms with Gasteiger partial charge in [-0.2, -0.15) is 5.26 Å². The normalized spacial score (nSPS) is 10.6. The summed E-state index contributed by atoms with van der Waals surface area (Å²) in [7, 11) is -2.31. The Morgan fingerprint density at radius 2 is 1.95 bits per heavy atom. The molecule has 1 rings (SSSR count). The van der Waals surface area contributed by atoms with Crippen LogP contribution in [0, 0.1) is 11.3 Å². The monoisotopic (exact) mass is 297 g/mol. The van der Waals surface area contributed by atoms with Gasteiger partial charge in [0.2, 0.25) is 0 Å². The molecule has 0 saturated carbocycles. The Hall–Kier alpha value is -2.07. The lowest BCUT2D eigenvalue weighted by Gasteiger charge is -2.06. The largest absolute Gasteiger partial charge is 0.494 e. The van der Waals surface area contributed by atoms with E-state index < -0.39 is 21.6 Å². The second-order valence-corrected chi connectivity index (χ2v) is 6.19. The SMILES string of the molecule is COC(=O)CS(=O)(=O)CCCOc1ccc(C#N)cc1. The molecule has 0 atom stereocenters. The van der Waals surface area contributed by atoms with Crippen LogP contribution in [0.25, 0.3) is 0 Å². The minimum absolute atomic E-state index is 0.140. The summed E-state index contributed by atoms with van der Waals surface area (Å²) in [5.41, 5.74) is 0.526. The van der Waals surface area contributed by atoms with Crippen molar-refractivity contribution in [3.8, 4) is 11.8 Å². The van der Waals surface area contributed by atoms with E-state index in [2.05, 4.69) is 4.74 Å². The van der Waals surface area contributed by atoms with E-state index >= 15 is 0 Å². The van der Waals surface area contributed by atoms with Crippen LogP contribution in [0.4, 0.5) is 0 Å². The molecule has 0 radical (unpaired) electrons. The van der Waals surface area contributed by atoms with Gasteiger partial charge in [0.25, 0.3) is 0 Å². The second-order valence-electron chi connectivity index (χ2n) is 4.01. The quantitative estimate of drug-likeness (QED) is 0.548. The fraction of sp³-hybridized carbons (Fsp3) is 0.385. The van der Waals surface area contributed by atoms with Crippen LogP contribution in [0.15, 0.2) is 24.3 Å². The van der Waals surface area contributed by atoms with Gasteiger partial charge in [0.15, 0.2) is 9.84 Å². The first-order valence-electron chi connectivity index (χ1n) is 5.87. The summed E-state index contributed by atoms with van der Waals surface area (Å²) in [5.74, 6) is -0.953. The van der Waals surface area contributed by atoms with Crippen LogP contribution in [0.5, 0.6) is 5.75 Å². The number of ether oxygens (including phenoxy) is 2. The summed E-state index contributed by atoms with van der Waals surface area (Å²) >= 11 is 0. The Balaban J connectivity index is 2.34. The molecule has 0 N–H and O–H groups in total. The third-order valence-corrected chi connectivity index (χ3v) is 4.00. The van der Waals surface area contributed by atoms with Gasteiger partial charge in [-0.1, -0.05) is 0 Å². The van der Waals surface area contributed by atoms with Gasteiger partial charge in [-0.3, -0.25) is 4.79 Å². The van der Waals surface area contributed by atoms with Crippen LogP contribution < -0.4 is 4.74 Å². The fourth-order valence-electron chi connectivity index (χ4n) is 1.41. The predicted octanol–water partition coefficient (Wildman–Crippen LogP) is 0.915. The van der Waals surface area contributed by atoms with Crippen molar-refractivity contribution in [1.29, 1.82) is 5.26 Å². The highest BCUT2D eigenvalue weighted by Gasteiger charge is 2.16. The van der Waals surface area contributed by atoms with Crippen molar-refractivity contribution < 1.29 is 22.7 Å². The highest BCUT2D eigenvalue weighted by Crippen LogP contribution is 2.11. The smallest absolute Gasteiger partial charge is 0.320 e. The highest BCUT2D eigenvalue weighted by molar-refractivity contribution is 7.92. The molecular weight excluding hydrogens is 282 g/mol. The molecule has 20 heavy (non-hydrogen) atoms. The molecule has 1 aromatic rings. The molecule has 108 valence electrons. The molecule has 0 aliphatic rings. The number of nitrogens with zero attached hydrogens (tertiary/aromatic N) is 1. The van der Waals surface area contributed by atoms with Gasteiger partial charge in [0, 0.05) is 0 Å². The van der Waals surface area contributed by atoms with E-state index in [-0.39, 0.29) is 18.8 Å². The molecule has 0 aliphatic carbocycles. The molecule has 0 fully saturated rings. The molecule has 0 bridgehead atoms. The van der Waals surface area contributed by atoms with Crippen molar-refractivity contribution in [2.24, 2.45) is 0 Å². The maximum atomic E-state index is 11.5. The van der Waals surface area contributed by atoms with Crippen LogP contribution in [0.1, 0.15) is 12.0 Å². The van der Waals surface area contributed by atoms with Gasteiger partial charge in [-0.15, -0.1) is 0 Å². The van der Waals surface area contributed by atoms with E-state index in [1.807, 2.05) is 6.07 Å². The van der Waals surface area contributed by atoms with Gasteiger partial charge >= 0.3 is 5.97 Å². The second kappa shape index (κ2) is 7.50. The van der Waals surface area contributed by atoms with Gasteiger partial charge in [-0.25, -0.2) is 8.42 Å². The van der Waals surface area contributed by atoms with Crippen LogP contribution in [0.2, 0.25) is 0 Å². The summed E-state index contributed by atoms with van der Waals surface area (Å²) in [6, 6.07) is 8.50. The maximum absolute atomic E-state index is 11.5. The number of sulfone groups is 1. The third-order valence-electron chi connectivity index (χ3n) is 2.42. The van der Waals surface area contributed by atoms with E-state index in [1.165, 1.54) is 0 Å². The molecular formula is C13H15NO5S. The first-order valence-corrected chi connectivity index (χ1v) is 7.69. The molecule has 6 nitrogen and oxygen atoms in total. The Kier molecular flexibility index (Phi) is 6.00. The van der Waals surface area contributed by atoms with Crippen molar-refractivity contribution in [1.82, 2.24) is 0 Å². The summed E-state index contributed by atoms with van der Waals surface area (Å²) in [4.78, 5) is 10.9.